The summed E-state index contributed by atoms with van der Waals surface area (Å²) in [5, 5.41) is 8.56. The number of nitrogens with zero attached hydrogens (tertiary/aromatic N) is 3. The normalized spacial score (nSPS) is 22.2. The van der Waals surface area contributed by atoms with Crippen LogP contribution in [0.2, 0.25) is 0 Å². The molecular weight excluding hydrogens is 348 g/mol. The van der Waals surface area contributed by atoms with Gasteiger partial charge in [-0.05, 0) is 62.5 Å². The average Bonchev–Trinajstić information content (AvgIpc) is 3.28. The molecule has 5 heteroatoms. The van der Waals surface area contributed by atoms with Gasteiger partial charge in [0.05, 0.1) is 0 Å². The molecule has 0 unspecified atom stereocenters. The van der Waals surface area contributed by atoms with E-state index in [0.717, 1.165) is 58.0 Å². The summed E-state index contributed by atoms with van der Waals surface area (Å²) in [6.45, 7) is 1.76. The molecule has 1 atom stereocenters. The number of hydrogen-bond donors (Lipinski definition) is 1. The Morgan fingerprint density at radius 3 is 2.46 bits per heavy atom. The molecule has 1 amide bonds. The lowest BCUT2D eigenvalue weighted by Gasteiger charge is -2.29. The maximum atomic E-state index is 13.1. The fourth-order valence-corrected chi connectivity index (χ4v) is 5.36. The van der Waals surface area contributed by atoms with Crippen molar-refractivity contribution in [2.75, 3.05) is 13.1 Å². The summed E-state index contributed by atoms with van der Waals surface area (Å²) >= 11 is 0. The van der Waals surface area contributed by atoms with Crippen LogP contribution in [0.25, 0.3) is 0 Å². The van der Waals surface area contributed by atoms with E-state index in [1.165, 1.54) is 28.8 Å². The standard InChI is InChI=1S/C23H30N4O/c1-26-21-10-9-18(24-19-13-16-7-3-4-8-17(16)14-19)15-20(21)22(25-26)23(28)27-11-5-2-6-12-27/h3-4,7-8,18-19,24H,2,5-6,9-15H2,1H3/t18-/m1/s1. The second-order valence-corrected chi connectivity index (χ2v) is 8.73. The van der Waals surface area contributed by atoms with E-state index in [9.17, 15) is 4.79 Å². The van der Waals surface area contributed by atoms with E-state index in [1.54, 1.807) is 0 Å². The van der Waals surface area contributed by atoms with Gasteiger partial charge >= 0.3 is 0 Å². The van der Waals surface area contributed by atoms with Gasteiger partial charge in [-0.15, -0.1) is 0 Å². The zero-order valence-electron chi connectivity index (χ0n) is 16.8. The minimum Gasteiger partial charge on any atom is -0.337 e. The molecule has 1 N–H and O–H groups in total. The largest absolute Gasteiger partial charge is 0.337 e. The SMILES string of the molecule is Cn1nc(C(=O)N2CCCCC2)c2c1CC[C@@H](NC1Cc3ccccc3C1)C2. The third kappa shape index (κ3) is 3.26. The van der Waals surface area contributed by atoms with Crippen molar-refractivity contribution < 1.29 is 4.79 Å². The summed E-state index contributed by atoms with van der Waals surface area (Å²) in [6.07, 6.45) is 8.75. The van der Waals surface area contributed by atoms with Crippen molar-refractivity contribution in [2.45, 2.75) is 63.5 Å². The fraction of sp³-hybridized carbons (Fsp3) is 0.565. The fourth-order valence-electron chi connectivity index (χ4n) is 5.36. The van der Waals surface area contributed by atoms with Crippen LogP contribution in [0.5, 0.6) is 0 Å². The van der Waals surface area contributed by atoms with Crippen molar-refractivity contribution >= 4 is 5.91 Å². The van der Waals surface area contributed by atoms with Crippen molar-refractivity contribution in [3.63, 3.8) is 0 Å². The Morgan fingerprint density at radius 2 is 1.75 bits per heavy atom. The molecule has 148 valence electrons. The highest BCUT2D eigenvalue weighted by atomic mass is 16.2. The number of likely N-dealkylation sites (tertiary alicyclic amines) is 1. The number of amides is 1. The van der Waals surface area contributed by atoms with Crippen LogP contribution in [0.15, 0.2) is 24.3 Å². The smallest absolute Gasteiger partial charge is 0.274 e. The molecule has 0 saturated carbocycles. The topological polar surface area (TPSA) is 50.2 Å². The Labute approximate surface area is 167 Å². The lowest BCUT2D eigenvalue weighted by molar-refractivity contribution is 0.0716. The van der Waals surface area contributed by atoms with E-state index in [-0.39, 0.29) is 5.91 Å². The quantitative estimate of drug-likeness (QED) is 0.893. The number of aryl methyl sites for hydroxylation is 1. The Bertz CT molecular complexity index is 856. The number of rotatable bonds is 3. The molecule has 1 saturated heterocycles. The molecule has 28 heavy (non-hydrogen) atoms. The first-order valence-electron chi connectivity index (χ1n) is 10.9. The zero-order chi connectivity index (χ0) is 19.1. The summed E-state index contributed by atoms with van der Waals surface area (Å²) in [5.41, 5.74) is 6.13. The van der Waals surface area contributed by atoms with Crippen LogP contribution in [0.1, 0.15) is 58.6 Å². The summed E-state index contributed by atoms with van der Waals surface area (Å²) in [4.78, 5) is 15.1. The second-order valence-electron chi connectivity index (χ2n) is 8.73. The van der Waals surface area contributed by atoms with Gasteiger partial charge < -0.3 is 10.2 Å². The van der Waals surface area contributed by atoms with Crippen LogP contribution >= 0.6 is 0 Å². The van der Waals surface area contributed by atoms with Crippen molar-refractivity contribution in [1.29, 1.82) is 0 Å². The van der Waals surface area contributed by atoms with Gasteiger partial charge in [0.25, 0.3) is 5.91 Å². The van der Waals surface area contributed by atoms with Gasteiger partial charge in [-0.1, -0.05) is 24.3 Å². The van der Waals surface area contributed by atoms with Crippen LogP contribution in [0.4, 0.5) is 0 Å². The molecule has 3 aliphatic rings. The van der Waals surface area contributed by atoms with Gasteiger partial charge in [-0.3, -0.25) is 9.48 Å². The molecule has 5 nitrogen and oxygen atoms in total. The van der Waals surface area contributed by atoms with Gasteiger partial charge in [-0.25, -0.2) is 0 Å². The molecular formula is C23H30N4O. The summed E-state index contributed by atoms with van der Waals surface area (Å²) in [7, 11) is 1.99. The zero-order valence-corrected chi connectivity index (χ0v) is 16.8. The molecule has 2 heterocycles. The molecule has 1 aromatic carbocycles. The molecule has 5 rings (SSSR count). The molecule has 0 spiro atoms. The molecule has 1 aliphatic heterocycles. The van der Waals surface area contributed by atoms with E-state index < -0.39 is 0 Å². The van der Waals surface area contributed by atoms with Crippen LogP contribution in [0.3, 0.4) is 0 Å². The molecule has 1 fully saturated rings. The van der Waals surface area contributed by atoms with Crippen molar-refractivity contribution in [2.24, 2.45) is 7.05 Å². The minimum atomic E-state index is 0.144. The number of benzene rings is 1. The molecule has 1 aromatic heterocycles. The maximum absolute atomic E-state index is 13.1. The maximum Gasteiger partial charge on any atom is 0.274 e. The number of carbonyl (C=O) groups excluding carboxylic acids is 1. The van der Waals surface area contributed by atoms with Gasteiger partial charge in [0.2, 0.25) is 0 Å². The molecule has 0 radical (unpaired) electrons. The summed E-state index contributed by atoms with van der Waals surface area (Å²) < 4.78 is 1.95. The summed E-state index contributed by atoms with van der Waals surface area (Å²) in [6, 6.07) is 9.74. The van der Waals surface area contributed by atoms with Gasteiger partial charge in [0, 0.05) is 43.5 Å². The van der Waals surface area contributed by atoms with Gasteiger partial charge in [0.1, 0.15) is 0 Å². The monoisotopic (exact) mass is 378 g/mol. The molecule has 0 bridgehead atoms. The number of carbonyl (C=O) groups is 1. The number of nitrogens with one attached hydrogen (secondary N) is 1. The van der Waals surface area contributed by atoms with E-state index in [1.807, 2.05) is 16.6 Å². The number of piperidine rings is 1. The first kappa shape index (κ1) is 17.9. The highest BCUT2D eigenvalue weighted by Gasteiger charge is 2.32. The van der Waals surface area contributed by atoms with Crippen LogP contribution < -0.4 is 5.32 Å². The van der Waals surface area contributed by atoms with Crippen LogP contribution in [-0.2, 0) is 32.7 Å². The van der Waals surface area contributed by atoms with E-state index in [4.69, 9.17) is 0 Å². The Morgan fingerprint density at radius 1 is 1.04 bits per heavy atom. The molecule has 2 aromatic rings. The lowest BCUT2D eigenvalue weighted by atomic mass is 9.90. The summed E-state index contributed by atoms with van der Waals surface area (Å²) in [5.74, 6) is 0.144. The third-order valence-corrected chi connectivity index (χ3v) is 6.82. The highest BCUT2D eigenvalue weighted by Crippen LogP contribution is 2.28. The number of hydrogen-bond acceptors (Lipinski definition) is 3. The van der Waals surface area contributed by atoms with Gasteiger partial charge in [-0.2, -0.15) is 5.10 Å². The number of fused-ring (bicyclic) bond motifs is 2. The average molecular weight is 379 g/mol. The van der Waals surface area contributed by atoms with E-state index in [2.05, 4.69) is 34.7 Å². The first-order valence-corrected chi connectivity index (χ1v) is 10.9. The van der Waals surface area contributed by atoms with E-state index in [0.29, 0.717) is 17.8 Å². The minimum absolute atomic E-state index is 0.144. The Balaban J connectivity index is 1.30. The second kappa shape index (κ2) is 7.36. The van der Waals surface area contributed by atoms with Crippen molar-refractivity contribution in [3.05, 3.63) is 52.3 Å². The lowest BCUT2D eigenvalue weighted by Crippen LogP contribution is -2.42. The highest BCUT2D eigenvalue weighted by molar-refractivity contribution is 5.94. The van der Waals surface area contributed by atoms with Crippen LogP contribution in [-0.4, -0.2) is 45.8 Å². The number of aromatic nitrogens is 2. The Hall–Kier alpha value is -2.14. The van der Waals surface area contributed by atoms with Gasteiger partial charge in [0.15, 0.2) is 5.69 Å². The predicted octanol–water partition coefficient (Wildman–Crippen LogP) is 2.66. The van der Waals surface area contributed by atoms with Crippen molar-refractivity contribution in [3.8, 4) is 0 Å². The first-order chi connectivity index (χ1) is 13.7. The third-order valence-electron chi connectivity index (χ3n) is 6.82. The Kier molecular flexibility index (Phi) is 4.71. The molecule has 2 aliphatic carbocycles. The van der Waals surface area contributed by atoms with Crippen LogP contribution in [0, 0.1) is 0 Å². The van der Waals surface area contributed by atoms with Crippen molar-refractivity contribution in [1.82, 2.24) is 20.0 Å². The predicted molar refractivity (Wildman–Crippen MR) is 110 cm³/mol. The van der Waals surface area contributed by atoms with E-state index >= 15 is 0 Å².